The molecule has 1 N–H and O–H groups in total. The number of Topliss-reactive ketones (excluding diaryl/α,β-unsaturated/α-hetero) is 1. The summed E-state index contributed by atoms with van der Waals surface area (Å²) in [6.45, 7) is 8.83. The molecule has 1 aromatic heterocycles. The molecule has 0 spiro atoms. The zero-order valence-corrected chi connectivity index (χ0v) is 17.3. The average Bonchev–Trinajstić information content (AvgIpc) is 2.59. The summed E-state index contributed by atoms with van der Waals surface area (Å²) in [4.78, 5) is 21.0. The van der Waals surface area contributed by atoms with Gasteiger partial charge in [0.1, 0.15) is 5.75 Å². The molecule has 0 aliphatic carbocycles. The van der Waals surface area contributed by atoms with Crippen molar-refractivity contribution < 1.29 is 14.3 Å². The number of ketones is 1. The second-order valence-corrected chi connectivity index (χ2v) is 8.80. The highest BCUT2D eigenvalue weighted by atomic mass is 16.5. The summed E-state index contributed by atoms with van der Waals surface area (Å²) in [6, 6.07) is 9.00. The van der Waals surface area contributed by atoms with Crippen LogP contribution in [0.15, 0.2) is 36.5 Å². The van der Waals surface area contributed by atoms with E-state index in [2.05, 4.69) is 43.0 Å². The number of hydrogen-bond acceptors (Lipinski definition) is 6. The fraction of sp³-hybridized carbons (Fsp3) is 0.500. The Morgan fingerprint density at radius 1 is 1.11 bits per heavy atom. The average molecular weight is 383 g/mol. The Morgan fingerprint density at radius 2 is 1.75 bits per heavy atom. The first-order valence-corrected chi connectivity index (χ1v) is 9.63. The summed E-state index contributed by atoms with van der Waals surface area (Å²) in [5, 5.41) is 3.67. The van der Waals surface area contributed by atoms with Crippen LogP contribution in [0.1, 0.15) is 57.3 Å². The number of hydrogen-bond donors (Lipinski definition) is 1. The van der Waals surface area contributed by atoms with E-state index in [0.717, 1.165) is 12.8 Å². The van der Waals surface area contributed by atoms with Gasteiger partial charge in [-0.05, 0) is 70.7 Å². The standard InChI is InChI=1S/C22H29N3O3/c1-21(2)13-15(14-22(3,4)25-21)12-18(26)16-6-8-17(9-7-16)28-20-23-11-10-19(24-20)27-5/h6-11,15,25H,12-14H2,1-5H3. The Hall–Kier alpha value is -2.47. The van der Waals surface area contributed by atoms with Crippen molar-refractivity contribution in [2.45, 2.75) is 58.0 Å². The molecule has 1 aliphatic heterocycles. The molecule has 28 heavy (non-hydrogen) atoms. The third-order valence-electron chi connectivity index (χ3n) is 4.95. The highest BCUT2D eigenvalue weighted by Crippen LogP contribution is 2.35. The largest absolute Gasteiger partial charge is 0.481 e. The number of aromatic nitrogens is 2. The second kappa shape index (κ2) is 7.87. The van der Waals surface area contributed by atoms with Gasteiger partial charge < -0.3 is 14.8 Å². The Kier molecular flexibility index (Phi) is 5.70. The van der Waals surface area contributed by atoms with Gasteiger partial charge in [0.05, 0.1) is 7.11 Å². The summed E-state index contributed by atoms with van der Waals surface area (Å²) >= 11 is 0. The minimum atomic E-state index is 0.0428. The Bertz CT molecular complexity index is 815. The molecule has 0 amide bonds. The maximum absolute atomic E-state index is 12.8. The van der Waals surface area contributed by atoms with Crippen LogP contribution in [0.4, 0.5) is 0 Å². The number of rotatable bonds is 6. The topological polar surface area (TPSA) is 73.3 Å². The second-order valence-electron chi connectivity index (χ2n) is 8.80. The van der Waals surface area contributed by atoms with E-state index in [1.54, 1.807) is 36.5 Å². The van der Waals surface area contributed by atoms with Gasteiger partial charge >= 0.3 is 6.01 Å². The lowest BCUT2D eigenvalue weighted by Crippen LogP contribution is -2.57. The van der Waals surface area contributed by atoms with Crippen LogP contribution in [-0.4, -0.2) is 33.9 Å². The lowest BCUT2D eigenvalue weighted by Gasteiger charge is -2.46. The predicted molar refractivity (Wildman–Crippen MR) is 108 cm³/mol. The number of nitrogens with zero attached hydrogens (tertiary/aromatic N) is 2. The van der Waals surface area contributed by atoms with Crippen LogP contribution in [0.3, 0.4) is 0 Å². The number of carbonyl (C=O) groups is 1. The minimum Gasteiger partial charge on any atom is -0.481 e. The number of methoxy groups -OCH3 is 1. The first-order valence-electron chi connectivity index (χ1n) is 9.63. The first kappa shape index (κ1) is 20.3. The highest BCUT2D eigenvalue weighted by molar-refractivity contribution is 5.96. The molecule has 150 valence electrons. The maximum atomic E-state index is 12.8. The van der Waals surface area contributed by atoms with E-state index in [-0.39, 0.29) is 22.9 Å². The summed E-state index contributed by atoms with van der Waals surface area (Å²) < 4.78 is 10.7. The van der Waals surface area contributed by atoms with Gasteiger partial charge in [0, 0.05) is 35.3 Å². The predicted octanol–water partition coefficient (Wildman–Crippen LogP) is 4.41. The molecular formula is C22H29N3O3. The molecule has 0 saturated carbocycles. The Labute approximate surface area is 166 Å². The normalized spacial score (nSPS) is 18.5. The van der Waals surface area contributed by atoms with E-state index in [4.69, 9.17) is 9.47 Å². The van der Waals surface area contributed by atoms with Crippen molar-refractivity contribution in [1.29, 1.82) is 0 Å². The molecule has 1 aliphatic rings. The maximum Gasteiger partial charge on any atom is 0.325 e. The van der Waals surface area contributed by atoms with Gasteiger partial charge in [-0.2, -0.15) is 4.98 Å². The molecular weight excluding hydrogens is 354 g/mol. The van der Waals surface area contributed by atoms with Gasteiger partial charge in [-0.25, -0.2) is 4.98 Å². The lowest BCUT2D eigenvalue weighted by molar-refractivity contribution is 0.0864. The van der Waals surface area contributed by atoms with Crippen molar-refractivity contribution in [2.24, 2.45) is 5.92 Å². The number of piperidine rings is 1. The summed E-state index contributed by atoms with van der Waals surface area (Å²) in [6.07, 6.45) is 4.13. The van der Waals surface area contributed by atoms with Gasteiger partial charge in [-0.3, -0.25) is 4.79 Å². The smallest absolute Gasteiger partial charge is 0.325 e. The van der Waals surface area contributed by atoms with Crippen LogP contribution in [0, 0.1) is 5.92 Å². The van der Waals surface area contributed by atoms with E-state index < -0.39 is 0 Å². The van der Waals surface area contributed by atoms with Gasteiger partial charge in [-0.1, -0.05) is 0 Å². The van der Waals surface area contributed by atoms with E-state index in [0.29, 0.717) is 29.5 Å². The molecule has 0 bridgehead atoms. The fourth-order valence-corrected chi connectivity index (χ4v) is 4.36. The van der Waals surface area contributed by atoms with Crippen molar-refractivity contribution in [3.8, 4) is 17.6 Å². The van der Waals surface area contributed by atoms with Gasteiger partial charge in [0.25, 0.3) is 0 Å². The molecule has 1 aromatic carbocycles. The van der Waals surface area contributed by atoms with Crippen molar-refractivity contribution in [2.75, 3.05) is 7.11 Å². The quantitative estimate of drug-likeness (QED) is 0.745. The Morgan fingerprint density at radius 3 is 2.36 bits per heavy atom. The van der Waals surface area contributed by atoms with Crippen LogP contribution < -0.4 is 14.8 Å². The van der Waals surface area contributed by atoms with Crippen LogP contribution >= 0.6 is 0 Å². The molecule has 0 radical (unpaired) electrons. The lowest BCUT2D eigenvalue weighted by atomic mass is 9.74. The van der Waals surface area contributed by atoms with E-state index in [1.165, 1.54) is 7.11 Å². The third-order valence-corrected chi connectivity index (χ3v) is 4.95. The van der Waals surface area contributed by atoms with Crippen LogP contribution in [0.5, 0.6) is 17.6 Å². The zero-order valence-electron chi connectivity index (χ0n) is 17.3. The van der Waals surface area contributed by atoms with Crippen molar-refractivity contribution in [3.05, 3.63) is 42.1 Å². The number of nitrogens with one attached hydrogen (secondary N) is 1. The van der Waals surface area contributed by atoms with Crippen LogP contribution in [0.2, 0.25) is 0 Å². The molecule has 2 heterocycles. The van der Waals surface area contributed by atoms with Crippen LogP contribution in [-0.2, 0) is 0 Å². The van der Waals surface area contributed by atoms with Gasteiger partial charge in [-0.15, -0.1) is 0 Å². The number of benzene rings is 1. The summed E-state index contributed by atoms with van der Waals surface area (Å²) in [5.74, 6) is 1.56. The Balaban J connectivity index is 1.63. The number of ether oxygens (including phenoxy) is 2. The van der Waals surface area contributed by atoms with Crippen LogP contribution in [0.25, 0.3) is 0 Å². The van der Waals surface area contributed by atoms with Crippen molar-refractivity contribution in [1.82, 2.24) is 15.3 Å². The molecule has 0 atom stereocenters. The molecule has 6 heteroatoms. The zero-order chi connectivity index (χ0) is 20.4. The van der Waals surface area contributed by atoms with Gasteiger partial charge in [0.15, 0.2) is 5.78 Å². The third kappa shape index (κ3) is 5.29. The molecule has 6 nitrogen and oxygen atoms in total. The molecule has 0 unspecified atom stereocenters. The monoisotopic (exact) mass is 383 g/mol. The first-order chi connectivity index (χ1) is 13.2. The van der Waals surface area contributed by atoms with E-state index in [1.807, 2.05) is 0 Å². The fourth-order valence-electron chi connectivity index (χ4n) is 4.36. The minimum absolute atomic E-state index is 0.0428. The SMILES string of the molecule is COc1ccnc(Oc2ccc(C(=O)CC3CC(C)(C)NC(C)(C)C3)cc2)n1. The summed E-state index contributed by atoms with van der Waals surface area (Å²) in [7, 11) is 1.54. The highest BCUT2D eigenvalue weighted by Gasteiger charge is 2.38. The summed E-state index contributed by atoms with van der Waals surface area (Å²) in [5.41, 5.74) is 0.787. The molecule has 3 rings (SSSR count). The van der Waals surface area contributed by atoms with Crippen molar-refractivity contribution in [3.63, 3.8) is 0 Å². The molecule has 1 saturated heterocycles. The molecule has 2 aromatic rings. The van der Waals surface area contributed by atoms with Gasteiger partial charge in [0.2, 0.25) is 5.88 Å². The molecule has 1 fully saturated rings. The van der Waals surface area contributed by atoms with E-state index in [9.17, 15) is 4.79 Å². The number of carbonyl (C=O) groups excluding carboxylic acids is 1. The van der Waals surface area contributed by atoms with Crippen molar-refractivity contribution >= 4 is 5.78 Å². The van der Waals surface area contributed by atoms with E-state index >= 15 is 0 Å².